The molecule has 0 spiro atoms. The quantitative estimate of drug-likeness (QED) is 0.506. The predicted molar refractivity (Wildman–Crippen MR) is 121 cm³/mol. The molecule has 1 aromatic heterocycles. The predicted octanol–water partition coefficient (Wildman–Crippen LogP) is 1.52. The van der Waals surface area contributed by atoms with Gasteiger partial charge in [0, 0.05) is 30.1 Å². The molecule has 0 fully saturated rings. The van der Waals surface area contributed by atoms with Crippen LogP contribution in [-0.2, 0) is 17.8 Å². The molecule has 5 N–H and O–H groups in total. The second kappa shape index (κ2) is 8.64. The van der Waals surface area contributed by atoms with Crippen molar-refractivity contribution in [3.05, 3.63) is 82.5 Å². The minimum atomic E-state index is -0.297. The van der Waals surface area contributed by atoms with Crippen LogP contribution in [0, 0.1) is 0 Å². The number of rotatable bonds is 3. The molecule has 3 aliphatic rings. The molecule has 2 amide bonds. The van der Waals surface area contributed by atoms with E-state index in [2.05, 4.69) is 36.2 Å². The maximum absolute atomic E-state index is 12.9. The van der Waals surface area contributed by atoms with E-state index in [9.17, 15) is 9.59 Å². The van der Waals surface area contributed by atoms with Crippen molar-refractivity contribution in [1.29, 1.82) is 0 Å². The monoisotopic (exact) mass is 429 g/mol. The second-order valence-corrected chi connectivity index (χ2v) is 7.71. The summed E-state index contributed by atoms with van der Waals surface area (Å²) in [5.41, 5.74) is 4.76. The minimum Gasteiger partial charge on any atom is -0.376 e. The molecule has 0 bridgehead atoms. The molecule has 162 valence electrons. The number of hydrogen-bond donors (Lipinski definition) is 5. The maximum Gasteiger partial charge on any atom is 0.256 e. The number of aliphatic imine (C=N–C) groups is 1. The van der Waals surface area contributed by atoms with Crippen LogP contribution < -0.4 is 21.3 Å². The molecular formula is C23H23N7O2. The zero-order chi connectivity index (χ0) is 21.9. The van der Waals surface area contributed by atoms with Crippen molar-refractivity contribution in [2.24, 2.45) is 4.99 Å². The Kier molecular flexibility index (Phi) is 5.39. The molecule has 1 aliphatic carbocycles. The third kappa shape index (κ3) is 4.10. The maximum atomic E-state index is 12.9. The molecular weight excluding hydrogens is 406 g/mol. The molecule has 9 heteroatoms. The van der Waals surface area contributed by atoms with Crippen LogP contribution in [-0.4, -0.2) is 40.7 Å². The lowest BCUT2D eigenvalue weighted by Gasteiger charge is -2.22. The lowest BCUT2D eigenvalue weighted by Crippen LogP contribution is -2.41. The van der Waals surface area contributed by atoms with Crippen molar-refractivity contribution in [2.75, 3.05) is 18.4 Å². The standard InChI is InChI=1S/C23H23N7O2/c31-21(15-5-6-16-12-24-8-7-14(16)11-15)29-19-13-27-18-4-2-1-3-17(20(18)28-19)22(32)30-23-25-9-10-26-23/h1-2,4-6,9-11,24,27H,3,7-8,12-13H2,(H,28,29,31)(H2,25,26,30,32). The van der Waals surface area contributed by atoms with Gasteiger partial charge in [-0.25, -0.2) is 9.98 Å². The molecule has 0 saturated carbocycles. The number of nitrogens with zero attached hydrogens (tertiary/aromatic N) is 2. The van der Waals surface area contributed by atoms with Crippen LogP contribution in [0.2, 0.25) is 0 Å². The molecule has 9 nitrogen and oxygen atoms in total. The number of allylic oxidation sites excluding steroid dienone is 3. The van der Waals surface area contributed by atoms with E-state index in [-0.39, 0.29) is 11.8 Å². The Hall–Kier alpha value is -3.98. The molecule has 2 aromatic rings. The Morgan fingerprint density at radius 3 is 2.88 bits per heavy atom. The Labute approximate surface area is 184 Å². The second-order valence-electron chi connectivity index (χ2n) is 7.71. The number of aromatic amines is 1. The molecule has 3 heterocycles. The van der Waals surface area contributed by atoms with E-state index >= 15 is 0 Å². The van der Waals surface area contributed by atoms with Gasteiger partial charge in [0.25, 0.3) is 11.8 Å². The molecule has 0 radical (unpaired) electrons. The summed E-state index contributed by atoms with van der Waals surface area (Å²) in [4.78, 5) is 37.3. The van der Waals surface area contributed by atoms with Gasteiger partial charge in [0.15, 0.2) is 0 Å². The van der Waals surface area contributed by atoms with E-state index in [0.29, 0.717) is 41.6 Å². The lowest BCUT2D eigenvalue weighted by atomic mass is 9.98. The van der Waals surface area contributed by atoms with Crippen molar-refractivity contribution < 1.29 is 9.59 Å². The number of benzene rings is 1. The summed E-state index contributed by atoms with van der Waals surface area (Å²) >= 11 is 0. The van der Waals surface area contributed by atoms with Gasteiger partial charge >= 0.3 is 0 Å². The number of H-pyrrole nitrogens is 1. The average Bonchev–Trinajstić information content (AvgIpc) is 3.23. The molecule has 32 heavy (non-hydrogen) atoms. The normalized spacial score (nSPS) is 17.2. The zero-order valence-electron chi connectivity index (χ0n) is 17.4. The number of hydrogen-bond acceptors (Lipinski definition) is 6. The van der Waals surface area contributed by atoms with Crippen LogP contribution in [0.25, 0.3) is 0 Å². The fourth-order valence-electron chi connectivity index (χ4n) is 3.92. The van der Waals surface area contributed by atoms with Crippen molar-refractivity contribution in [3.63, 3.8) is 0 Å². The highest BCUT2D eigenvalue weighted by molar-refractivity contribution is 6.09. The number of anilines is 1. The summed E-state index contributed by atoms with van der Waals surface area (Å²) in [7, 11) is 0. The van der Waals surface area contributed by atoms with E-state index in [1.807, 2.05) is 36.4 Å². The topological polar surface area (TPSA) is 123 Å². The summed E-state index contributed by atoms with van der Waals surface area (Å²) in [5, 5.41) is 12.2. The molecule has 0 saturated heterocycles. The molecule has 1 aromatic carbocycles. The SMILES string of the molecule is O=C(Nc1ncc[nH]1)C1=C2N=C(NC(=O)c3ccc4c(c3)CCNC4)CNC2=CC=CC1. The number of amides is 2. The Morgan fingerprint density at radius 1 is 1.06 bits per heavy atom. The molecule has 0 atom stereocenters. The first-order valence-electron chi connectivity index (χ1n) is 10.5. The summed E-state index contributed by atoms with van der Waals surface area (Å²) in [6.07, 6.45) is 10.2. The van der Waals surface area contributed by atoms with Gasteiger partial charge in [-0.1, -0.05) is 18.2 Å². The number of fused-ring (bicyclic) bond motifs is 2. The highest BCUT2D eigenvalue weighted by Crippen LogP contribution is 2.24. The van der Waals surface area contributed by atoms with Gasteiger partial charge in [-0.15, -0.1) is 0 Å². The Bertz CT molecular complexity index is 1190. The van der Waals surface area contributed by atoms with E-state index in [4.69, 9.17) is 0 Å². The fraction of sp³-hybridized carbons (Fsp3) is 0.217. The van der Waals surface area contributed by atoms with E-state index in [1.165, 1.54) is 11.1 Å². The fourth-order valence-corrected chi connectivity index (χ4v) is 3.92. The van der Waals surface area contributed by atoms with Crippen molar-refractivity contribution in [2.45, 2.75) is 19.4 Å². The minimum absolute atomic E-state index is 0.215. The van der Waals surface area contributed by atoms with E-state index in [0.717, 1.165) is 25.2 Å². The Balaban J connectivity index is 1.39. The van der Waals surface area contributed by atoms with Crippen LogP contribution in [0.4, 0.5) is 5.95 Å². The van der Waals surface area contributed by atoms with Gasteiger partial charge in [-0.2, -0.15) is 0 Å². The number of nitrogens with one attached hydrogen (secondary N) is 5. The first kappa shape index (κ1) is 20.0. The third-order valence-corrected chi connectivity index (χ3v) is 5.57. The highest BCUT2D eigenvalue weighted by Gasteiger charge is 2.24. The number of amidine groups is 1. The Morgan fingerprint density at radius 2 is 2.00 bits per heavy atom. The van der Waals surface area contributed by atoms with Crippen LogP contribution in [0.15, 0.2) is 70.8 Å². The van der Waals surface area contributed by atoms with Crippen molar-refractivity contribution >= 4 is 23.6 Å². The highest BCUT2D eigenvalue weighted by atomic mass is 16.2. The van der Waals surface area contributed by atoms with Crippen LogP contribution in [0.5, 0.6) is 0 Å². The number of aromatic nitrogens is 2. The summed E-state index contributed by atoms with van der Waals surface area (Å²) in [6.45, 7) is 2.10. The summed E-state index contributed by atoms with van der Waals surface area (Å²) < 4.78 is 0. The largest absolute Gasteiger partial charge is 0.376 e. The molecule has 0 unspecified atom stereocenters. The van der Waals surface area contributed by atoms with Crippen molar-refractivity contribution in [1.82, 2.24) is 25.9 Å². The van der Waals surface area contributed by atoms with Gasteiger partial charge in [0.05, 0.1) is 17.9 Å². The molecule has 5 rings (SSSR count). The number of carbonyl (C=O) groups is 2. The molecule has 2 aliphatic heterocycles. The zero-order valence-corrected chi connectivity index (χ0v) is 17.4. The lowest BCUT2D eigenvalue weighted by molar-refractivity contribution is -0.113. The smallest absolute Gasteiger partial charge is 0.256 e. The first-order valence-corrected chi connectivity index (χ1v) is 10.5. The third-order valence-electron chi connectivity index (χ3n) is 5.57. The van der Waals surface area contributed by atoms with E-state index < -0.39 is 0 Å². The van der Waals surface area contributed by atoms with Crippen molar-refractivity contribution in [3.8, 4) is 0 Å². The van der Waals surface area contributed by atoms with Crippen LogP contribution in [0.1, 0.15) is 27.9 Å². The first-order chi connectivity index (χ1) is 15.7. The number of carbonyl (C=O) groups excluding carboxylic acids is 2. The number of imidazole rings is 1. The van der Waals surface area contributed by atoms with Crippen LogP contribution in [0.3, 0.4) is 0 Å². The summed E-state index contributed by atoms with van der Waals surface area (Å²) in [5.74, 6) is 0.319. The van der Waals surface area contributed by atoms with Gasteiger partial charge in [0.2, 0.25) is 5.95 Å². The van der Waals surface area contributed by atoms with E-state index in [1.54, 1.807) is 12.4 Å². The average molecular weight is 429 g/mol. The van der Waals surface area contributed by atoms with Crippen LogP contribution >= 0.6 is 0 Å². The van der Waals surface area contributed by atoms with Gasteiger partial charge < -0.3 is 20.9 Å². The van der Waals surface area contributed by atoms with Gasteiger partial charge in [0.1, 0.15) is 5.84 Å². The van der Waals surface area contributed by atoms with Gasteiger partial charge in [-0.3, -0.25) is 14.9 Å². The van der Waals surface area contributed by atoms with Gasteiger partial charge in [-0.05, 0) is 48.7 Å². The summed E-state index contributed by atoms with van der Waals surface area (Å²) in [6, 6.07) is 5.78.